The molecule has 0 bridgehead atoms. The molecule has 0 fully saturated rings. The van der Waals surface area contributed by atoms with Gasteiger partial charge in [-0.2, -0.15) is 0 Å². The Bertz CT molecular complexity index is 902. The summed E-state index contributed by atoms with van der Waals surface area (Å²) in [6, 6.07) is 15.8. The van der Waals surface area contributed by atoms with Gasteiger partial charge in [0.25, 0.3) is 10.0 Å². The van der Waals surface area contributed by atoms with Crippen LogP contribution in [0.25, 0.3) is 10.9 Å². The lowest BCUT2D eigenvalue weighted by Gasteiger charge is -2.09. The second-order valence-electron chi connectivity index (χ2n) is 5.18. The fraction of sp³-hybridized carbons (Fsp3) is 0.176. The number of aliphatic hydroxyl groups excluding tert-OH is 1. The molecule has 0 atom stereocenters. The molecule has 0 aliphatic carbocycles. The van der Waals surface area contributed by atoms with E-state index in [4.69, 9.17) is 5.11 Å². The predicted molar refractivity (Wildman–Crippen MR) is 89.8 cm³/mol. The smallest absolute Gasteiger partial charge is 0.268 e. The Morgan fingerprint density at radius 2 is 1.78 bits per heavy atom. The number of aromatic nitrogens is 1. The van der Waals surface area contributed by atoms with Gasteiger partial charge in [-0.05, 0) is 29.8 Å². The van der Waals surface area contributed by atoms with Crippen molar-refractivity contribution in [2.24, 2.45) is 0 Å². The van der Waals surface area contributed by atoms with Crippen molar-refractivity contribution in [1.82, 2.24) is 9.29 Å². The summed E-state index contributed by atoms with van der Waals surface area (Å²) in [5.74, 6) is 0. The Kier molecular flexibility index (Phi) is 4.47. The Hall–Kier alpha value is -2.15. The third-order valence-corrected chi connectivity index (χ3v) is 5.40. The molecule has 0 spiro atoms. The summed E-state index contributed by atoms with van der Waals surface area (Å²) >= 11 is 0. The molecule has 1 aromatic heterocycles. The highest BCUT2D eigenvalue weighted by molar-refractivity contribution is 7.90. The van der Waals surface area contributed by atoms with Crippen LogP contribution in [0.15, 0.2) is 65.7 Å². The molecule has 5 nitrogen and oxygen atoms in total. The van der Waals surface area contributed by atoms with Gasteiger partial charge in [0.2, 0.25) is 0 Å². The number of nitrogens with one attached hydrogen (secondary N) is 1. The molecule has 23 heavy (non-hydrogen) atoms. The average Bonchev–Trinajstić information content (AvgIpc) is 3.01. The van der Waals surface area contributed by atoms with Crippen molar-refractivity contribution >= 4 is 20.9 Å². The van der Waals surface area contributed by atoms with E-state index in [1.807, 2.05) is 18.2 Å². The molecule has 2 aromatic carbocycles. The van der Waals surface area contributed by atoms with E-state index in [0.29, 0.717) is 18.6 Å². The van der Waals surface area contributed by atoms with Gasteiger partial charge >= 0.3 is 0 Å². The highest BCUT2D eigenvalue weighted by Crippen LogP contribution is 2.24. The second-order valence-corrected chi connectivity index (χ2v) is 6.99. The molecule has 0 amide bonds. The van der Waals surface area contributed by atoms with E-state index in [9.17, 15) is 8.42 Å². The molecule has 1 heterocycles. The van der Waals surface area contributed by atoms with Crippen LogP contribution in [0.3, 0.4) is 0 Å². The Morgan fingerprint density at radius 3 is 2.52 bits per heavy atom. The summed E-state index contributed by atoms with van der Waals surface area (Å²) in [5.41, 5.74) is 1.65. The van der Waals surface area contributed by atoms with Crippen molar-refractivity contribution in [3.05, 3.63) is 66.4 Å². The van der Waals surface area contributed by atoms with Crippen molar-refractivity contribution in [1.29, 1.82) is 0 Å². The van der Waals surface area contributed by atoms with E-state index in [1.165, 1.54) is 3.97 Å². The molecule has 0 aliphatic rings. The molecule has 0 radical (unpaired) electrons. The van der Waals surface area contributed by atoms with Crippen LogP contribution in [-0.2, 0) is 16.6 Å². The van der Waals surface area contributed by atoms with Crippen LogP contribution >= 0.6 is 0 Å². The molecular formula is C17H18N2O3S. The largest absolute Gasteiger partial charge is 0.395 e. The maximum atomic E-state index is 12.8. The molecule has 0 saturated heterocycles. The van der Waals surface area contributed by atoms with Gasteiger partial charge in [-0.3, -0.25) is 0 Å². The Morgan fingerprint density at radius 1 is 1.00 bits per heavy atom. The van der Waals surface area contributed by atoms with E-state index < -0.39 is 10.0 Å². The van der Waals surface area contributed by atoms with E-state index in [2.05, 4.69) is 5.32 Å². The van der Waals surface area contributed by atoms with Crippen molar-refractivity contribution < 1.29 is 13.5 Å². The number of benzene rings is 2. The van der Waals surface area contributed by atoms with Crippen LogP contribution in [0, 0.1) is 0 Å². The molecule has 0 aliphatic heterocycles. The third-order valence-electron chi connectivity index (χ3n) is 3.69. The minimum absolute atomic E-state index is 0.0688. The molecule has 3 aromatic rings. The highest BCUT2D eigenvalue weighted by atomic mass is 32.2. The topological polar surface area (TPSA) is 71.3 Å². The molecule has 120 valence electrons. The SMILES string of the molecule is O=S(=O)(c1ccccc1)n1ccc2c(CNCCO)cccc21. The molecule has 3 rings (SSSR count). The van der Waals surface area contributed by atoms with Crippen LogP contribution in [0.4, 0.5) is 0 Å². The first-order valence-electron chi connectivity index (χ1n) is 7.36. The van der Waals surface area contributed by atoms with Gasteiger partial charge in [-0.15, -0.1) is 0 Å². The second kappa shape index (κ2) is 6.54. The zero-order chi connectivity index (χ0) is 16.3. The predicted octanol–water partition coefficient (Wildman–Crippen LogP) is 1.96. The monoisotopic (exact) mass is 330 g/mol. The summed E-state index contributed by atoms with van der Waals surface area (Å²) in [5, 5.41) is 12.8. The van der Waals surface area contributed by atoms with Crippen LogP contribution in [0.2, 0.25) is 0 Å². The van der Waals surface area contributed by atoms with Gasteiger partial charge in [0.05, 0.1) is 17.0 Å². The van der Waals surface area contributed by atoms with Crippen LogP contribution in [0.1, 0.15) is 5.56 Å². The van der Waals surface area contributed by atoms with E-state index in [1.54, 1.807) is 42.6 Å². The van der Waals surface area contributed by atoms with Gasteiger partial charge in [0.1, 0.15) is 0 Å². The molecule has 2 N–H and O–H groups in total. The van der Waals surface area contributed by atoms with Crippen LogP contribution in [-0.4, -0.2) is 30.6 Å². The van der Waals surface area contributed by atoms with Gasteiger partial charge in [-0.25, -0.2) is 12.4 Å². The quantitative estimate of drug-likeness (QED) is 0.678. The standard InChI is InChI=1S/C17H18N2O3S/c20-12-10-18-13-14-5-4-8-17-16(14)9-11-19(17)23(21,22)15-6-2-1-3-7-15/h1-9,11,18,20H,10,12-13H2. The molecule has 6 heteroatoms. The number of rotatable bonds is 6. The minimum atomic E-state index is -3.61. The third kappa shape index (κ3) is 3.01. The maximum absolute atomic E-state index is 12.8. The summed E-state index contributed by atoms with van der Waals surface area (Å²) in [7, 11) is -3.61. The lowest BCUT2D eigenvalue weighted by atomic mass is 10.1. The minimum Gasteiger partial charge on any atom is -0.395 e. The first kappa shape index (κ1) is 15.7. The summed E-state index contributed by atoms with van der Waals surface area (Å²) < 4.78 is 26.9. The van der Waals surface area contributed by atoms with E-state index in [-0.39, 0.29) is 11.5 Å². The maximum Gasteiger partial charge on any atom is 0.268 e. The number of hydrogen-bond donors (Lipinski definition) is 2. The van der Waals surface area contributed by atoms with Crippen LogP contribution in [0.5, 0.6) is 0 Å². The van der Waals surface area contributed by atoms with Gasteiger partial charge in [-0.1, -0.05) is 30.3 Å². The van der Waals surface area contributed by atoms with Crippen molar-refractivity contribution in [2.75, 3.05) is 13.2 Å². The van der Waals surface area contributed by atoms with Crippen LogP contribution < -0.4 is 5.32 Å². The fourth-order valence-corrected chi connectivity index (χ4v) is 3.95. The molecule has 0 unspecified atom stereocenters. The number of fused-ring (bicyclic) bond motifs is 1. The lowest BCUT2D eigenvalue weighted by molar-refractivity contribution is 0.292. The summed E-state index contributed by atoms with van der Waals surface area (Å²) in [4.78, 5) is 0.265. The summed E-state index contributed by atoms with van der Waals surface area (Å²) in [6.45, 7) is 1.14. The van der Waals surface area contributed by atoms with Gasteiger partial charge < -0.3 is 10.4 Å². The van der Waals surface area contributed by atoms with Gasteiger partial charge in [0, 0.05) is 24.7 Å². The first-order valence-corrected chi connectivity index (χ1v) is 8.80. The molecule has 0 saturated carbocycles. The number of hydrogen-bond acceptors (Lipinski definition) is 4. The van der Waals surface area contributed by atoms with Crippen molar-refractivity contribution in [3.8, 4) is 0 Å². The zero-order valence-electron chi connectivity index (χ0n) is 12.5. The van der Waals surface area contributed by atoms with E-state index >= 15 is 0 Å². The van der Waals surface area contributed by atoms with Crippen molar-refractivity contribution in [2.45, 2.75) is 11.4 Å². The Balaban J connectivity index is 2.05. The summed E-state index contributed by atoms with van der Waals surface area (Å²) in [6.07, 6.45) is 1.59. The Labute approximate surface area is 135 Å². The fourth-order valence-electron chi connectivity index (χ4n) is 2.58. The lowest BCUT2D eigenvalue weighted by Crippen LogP contribution is -2.17. The van der Waals surface area contributed by atoms with Crippen molar-refractivity contribution in [3.63, 3.8) is 0 Å². The van der Waals surface area contributed by atoms with Gasteiger partial charge in [0.15, 0.2) is 0 Å². The normalized spacial score (nSPS) is 11.9. The number of nitrogens with zero attached hydrogens (tertiary/aromatic N) is 1. The number of aliphatic hydroxyl groups is 1. The highest BCUT2D eigenvalue weighted by Gasteiger charge is 2.19. The first-order chi connectivity index (χ1) is 11.1. The zero-order valence-corrected chi connectivity index (χ0v) is 13.3. The average molecular weight is 330 g/mol. The molecular weight excluding hydrogens is 312 g/mol. The van der Waals surface area contributed by atoms with E-state index in [0.717, 1.165) is 10.9 Å².